The first-order valence-electron chi connectivity index (χ1n) is 12.5. The van der Waals surface area contributed by atoms with E-state index in [1.54, 1.807) is 0 Å². The van der Waals surface area contributed by atoms with Crippen molar-refractivity contribution in [3.05, 3.63) is 77.9 Å². The van der Waals surface area contributed by atoms with Crippen molar-refractivity contribution in [3.63, 3.8) is 0 Å². The second kappa shape index (κ2) is 14.0. The summed E-state index contributed by atoms with van der Waals surface area (Å²) in [4.78, 5) is 10.8. The molecule has 8 N–H and O–H groups in total. The number of phenols is 2. The molecule has 0 aromatic heterocycles. The number of nitrogens with two attached hydrogens (primary N) is 1. The predicted octanol–water partition coefficient (Wildman–Crippen LogP) is 2.67. The van der Waals surface area contributed by atoms with E-state index in [1.165, 1.54) is 24.3 Å². The van der Waals surface area contributed by atoms with Crippen LogP contribution >= 0.6 is 11.6 Å². The monoisotopic (exact) mass is 752 g/mol. The Hall–Kier alpha value is -4.02. The first-order valence-corrected chi connectivity index (χ1v) is 19.2. The normalized spacial score (nSPS) is 12.3. The number of hydrogen-bond acceptors (Lipinski definition) is 12. The zero-order valence-corrected chi connectivity index (χ0v) is 27.5. The smallest absolute Gasteiger partial charge is 0.295 e. The van der Waals surface area contributed by atoms with Gasteiger partial charge < -0.3 is 21.3 Å². The molecule has 0 heterocycles. The van der Waals surface area contributed by atoms with Crippen LogP contribution < -0.4 is 11.1 Å². The van der Waals surface area contributed by atoms with Gasteiger partial charge in [-0.25, -0.2) is 8.42 Å². The fourth-order valence-electron chi connectivity index (χ4n) is 3.97. The van der Waals surface area contributed by atoms with Gasteiger partial charge in [0.1, 0.15) is 16.4 Å². The quantitative estimate of drug-likeness (QED) is 0.0560. The molecule has 21 heteroatoms. The molecule has 0 saturated heterocycles. The van der Waals surface area contributed by atoms with Gasteiger partial charge in [0.2, 0.25) is 0 Å². The molecule has 4 rings (SSSR count). The average Bonchev–Trinajstić information content (AvgIpc) is 2.93. The molecular formula is C26H25ClN2O14S4. The number of carbonyl (C=O) groups excluding carboxylic acids is 1. The molecule has 1 amide bonds. The lowest BCUT2D eigenvalue weighted by Crippen LogP contribution is -2.14. The number of amides is 1. The zero-order valence-electron chi connectivity index (χ0n) is 23.5. The maximum atomic E-state index is 12.7. The van der Waals surface area contributed by atoms with Crippen LogP contribution in [-0.4, -0.2) is 75.1 Å². The summed E-state index contributed by atoms with van der Waals surface area (Å²) in [5, 5.41) is 21.0. The average molecular weight is 753 g/mol. The van der Waals surface area contributed by atoms with Gasteiger partial charge in [0.25, 0.3) is 36.3 Å². The maximum Gasteiger partial charge on any atom is 0.295 e. The number of carbonyl (C=O) groups is 1. The molecule has 4 aromatic carbocycles. The second-order valence-corrected chi connectivity index (χ2v) is 16.3. The van der Waals surface area contributed by atoms with Crippen molar-refractivity contribution in [2.75, 3.05) is 22.7 Å². The van der Waals surface area contributed by atoms with Gasteiger partial charge in [-0.15, -0.1) is 11.6 Å². The van der Waals surface area contributed by atoms with Crippen LogP contribution in [0, 0.1) is 0 Å². The Morgan fingerprint density at radius 2 is 1.32 bits per heavy atom. The number of alkyl halides is 1. The van der Waals surface area contributed by atoms with Crippen LogP contribution in [0.3, 0.4) is 0 Å². The van der Waals surface area contributed by atoms with Crippen LogP contribution in [0.25, 0.3) is 10.8 Å². The molecular weight excluding hydrogens is 728 g/mol. The number of phenolic OH excluding ortho intramolecular Hbond substituents is 2. The number of nitrogen functional groups attached to an aromatic ring is 1. The van der Waals surface area contributed by atoms with E-state index < -0.39 is 67.0 Å². The predicted molar refractivity (Wildman–Crippen MR) is 170 cm³/mol. The van der Waals surface area contributed by atoms with E-state index >= 15 is 0 Å². The van der Waals surface area contributed by atoms with Gasteiger partial charge in [0, 0.05) is 28.3 Å². The van der Waals surface area contributed by atoms with Gasteiger partial charge in [0.15, 0.2) is 9.84 Å². The van der Waals surface area contributed by atoms with Crippen LogP contribution in [0.4, 0.5) is 11.4 Å². The topological polar surface area (TPSA) is 293 Å². The molecule has 0 atom stereocenters. The third kappa shape index (κ3) is 9.74. The molecule has 4 aromatic rings. The highest BCUT2D eigenvalue weighted by Gasteiger charge is 2.23. The minimum atomic E-state index is -4.89. The zero-order chi connectivity index (χ0) is 35.5. The number of aromatic hydroxyl groups is 2. The molecule has 0 aliphatic carbocycles. The highest BCUT2D eigenvalue weighted by atomic mass is 35.5. The first-order chi connectivity index (χ1) is 21.5. The van der Waals surface area contributed by atoms with E-state index in [4.69, 9.17) is 27.0 Å². The highest BCUT2D eigenvalue weighted by molar-refractivity contribution is 7.90. The van der Waals surface area contributed by atoms with Crippen LogP contribution in [-0.2, 0) is 45.9 Å². The third-order valence-corrected chi connectivity index (χ3v) is 10.7. The summed E-state index contributed by atoms with van der Waals surface area (Å²) in [5.41, 5.74) is 5.47. The summed E-state index contributed by atoms with van der Waals surface area (Å²) in [7, 11) is -17.4. The molecule has 47 heavy (non-hydrogen) atoms. The molecule has 0 spiro atoms. The summed E-state index contributed by atoms with van der Waals surface area (Å²) < 4.78 is 119. The van der Waals surface area contributed by atoms with Gasteiger partial charge in [-0.1, -0.05) is 12.1 Å². The highest BCUT2D eigenvalue weighted by Crippen LogP contribution is 2.38. The molecule has 0 fully saturated rings. The maximum absolute atomic E-state index is 12.7. The largest absolute Gasteiger partial charge is 0.507 e. The molecule has 16 nitrogen and oxygen atoms in total. The Morgan fingerprint density at radius 3 is 1.83 bits per heavy atom. The lowest BCUT2D eigenvalue weighted by molar-refractivity contribution is 0.102. The number of sulfone groups is 1. The Labute approximate surface area is 273 Å². The minimum absolute atomic E-state index is 0.0499. The molecule has 0 saturated carbocycles. The number of hydrogen-bond donors (Lipinski definition) is 7. The minimum Gasteiger partial charge on any atom is -0.507 e. The molecule has 254 valence electrons. The fourth-order valence-corrected chi connectivity index (χ4v) is 7.48. The van der Waals surface area contributed by atoms with Gasteiger partial charge in [-0.3, -0.25) is 18.5 Å². The van der Waals surface area contributed by atoms with Crippen molar-refractivity contribution in [2.45, 2.75) is 20.4 Å². The first kappa shape index (κ1) is 37.4. The molecule has 0 radical (unpaired) electrons. The van der Waals surface area contributed by atoms with Gasteiger partial charge in [0.05, 0.1) is 32.7 Å². The number of rotatable bonds is 9. The van der Waals surface area contributed by atoms with E-state index in [0.29, 0.717) is 11.6 Å². The van der Waals surface area contributed by atoms with Gasteiger partial charge in [-0.05, 0) is 54.1 Å². The number of nitrogens with one attached hydrogen (secondary N) is 1. The van der Waals surface area contributed by atoms with Crippen molar-refractivity contribution >= 4 is 79.8 Å². The van der Waals surface area contributed by atoms with Crippen molar-refractivity contribution in [1.82, 2.24) is 0 Å². The summed E-state index contributed by atoms with van der Waals surface area (Å²) in [6, 6.07) is 12.0. The van der Waals surface area contributed by atoms with Crippen molar-refractivity contribution in [2.24, 2.45) is 0 Å². The van der Waals surface area contributed by atoms with E-state index in [0.717, 1.165) is 36.4 Å². The molecule has 0 unspecified atom stereocenters. The van der Waals surface area contributed by atoms with E-state index in [1.807, 2.05) is 0 Å². The lowest BCUT2D eigenvalue weighted by Gasteiger charge is -2.14. The van der Waals surface area contributed by atoms with E-state index in [9.17, 15) is 52.7 Å². The van der Waals surface area contributed by atoms with Gasteiger partial charge >= 0.3 is 0 Å². The van der Waals surface area contributed by atoms with Crippen molar-refractivity contribution in [1.29, 1.82) is 0 Å². The molecule has 0 bridgehead atoms. The Kier molecular flexibility index (Phi) is 11.1. The Balaban J connectivity index is 0.000000420. The third-order valence-electron chi connectivity index (χ3n) is 6.14. The molecule has 0 aliphatic rings. The van der Waals surface area contributed by atoms with E-state index in [2.05, 4.69) is 5.32 Å². The second-order valence-electron chi connectivity index (χ2n) is 9.55. The van der Waals surface area contributed by atoms with Crippen LogP contribution in [0.1, 0.15) is 15.9 Å². The van der Waals surface area contributed by atoms with E-state index in [-0.39, 0.29) is 50.4 Å². The summed E-state index contributed by atoms with van der Waals surface area (Å²) in [6.45, 7) is 0. The van der Waals surface area contributed by atoms with Crippen LogP contribution in [0.15, 0.2) is 81.4 Å². The lowest BCUT2D eigenvalue weighted by atomic mass is 10.1. The SMILES string of the molecule is Nc1cc(S(=O)(=O)O)ccc1O.O=C(Nc1ccc(S(=O)(=O)O)c2cc(S(=O)(=O)O)cc(O)c12)c1ccc(CS(=O)(=O)CCCl)cc1. The summed E-state index contributed by atoms with van der Waals surface area (Å²) in [5.74, 6) is -2.26. The number of halogens is 1. The number of fused-ring (bicyclic) bond motifs is 1. The summed E-state index contributed by atoms with van der Waals surface area (Å²) >= 11 is 5.47. The summed E-state index contributed by atoms with van der Waals surface area (Å²) in [6.07, 6.45) is 0. The number of anilines is 2. The van der Waals surface area contributed by atoms with Gasteiger partial charge in [-0.2, -0.15) is 25.3 Å². The fraction of sp³-hybridized carbons (Fsp3) is 0.115. The van der Waals surface area contributed by atoms with Crippen molar-refractivity contribution in [3.8, 4) is 11.5 Å². The molecule has 0 aliphatic heterocycles. The standard InChI is InChI=1S/C20H18ClNO10S3.C6H7NO4S/c21-7-8-33(25,26)11-12-1-3-13(4-2-12)20(24)22-16-5-6-18(35(30,31)32)15-9-14(34(27,28)29)10-17(23)19(15)16;7-5-3-4(12(9,10)11)1-2-6(5)8/h1-6,9-10,23H,7-8,11H2,(H,22,24)(H,27,28,29)(H,30,31,32);1-3,8H,7H2,(H,9,10,11). The Morgan fingerprint density at radius 1 is 0.723 bits per heavy atom. The van der Waals surface area contributed by atoms with Crippen molar-refractivity contribution < 1.29 is 62.3 Å². The number of benzene rings is 4. The Bertz CT molecular complexity index is 2290. The van der Waals surface area contributed by atoms with Crippen LogP contribution in [0.2, 0.25) is 0 Å². The van der Waals surface area contributed by atoms with Crippen LogP contribution in [0.5, 0.6) is 11.5 Å².